The van der Waals surface area contributed by atoms with Gasteiger partial charge in [0.2, 0.25) is 0 Å². The molecule has 1 saturated carbocycles. The summed E-state index contributed by atoms with van der Waals surface area (Å²) in [5, 5.41) is 0. The minimum absolute atomic E-state index is 0.196. The molecule has 0 bridgehead atoms. The molecule has 2 atom stereocenters. The third-order valence-electron chi connectivity index (χ3n) is 4.03. The molecule has 0 N–H and O–H groups in total. The second kappa shape index (κ2) is 6.59. The summed E-state index contributed by atoms with van der Waals surface area (Å²) < 4.78 is 13.5. The van der Waals surface area contributed by atoms with Gasteiger partial charge in [-0.25, -0.2) is 0 Å². The van der Waals surface area contributed by atoms with Gasteiger partial charge >= 0.3 is 0 Å². The fourth-order valence-electron chi connectivity index (χ4n) is 3.46. The molecular weight excluding hydrogens is 304 g/mol. The number of benzene rings is 1. The Morgan fingerprint density at radius 1 is 0.909 bits per heavy atom. The van der Waals surface area contributed by atoms with Crippen molar-refractivity contribution in [3.63, 3.8) is 0 Å². The second-order valence-electron chi connectivity index (χ2n) is 8.43. The maximum atomic E-state index is 6.85. The predicted molar refractivity (Wildman–Crippen MR) is 99.2 cm³/mol. The Hall–Kier alpha value is -0.426. The zero-order valence-corrected chi connectivity index (χ0v) is 17.1. The Labute approximate surface area is 138 Å². The van der Waals surface area contributed by atoms with Crippen molar-refractivity contribution < 1.29 is 8.85 Å². The van der Waals surface area contributed by atoms with E-state index in [-0.39, 0.29) is 11.7 Å². The van der Waals surface area contributed by atoms with Gasteiger partial charge in [-0.2, -0.15) is 0 Å². The molecule has 1 aromatic carbocycles. The van der Waals surface area contributed by atoms with E-state index < -0.39 is 16.6 Å². The summed E-state index contributed by atoms with van der Waals surface area (Å²) in [5.74, 6) is 0. The fraction of sp³-hybridized carbons (Fsp3) is 0.667. The largest absolute Gasteiger partial charge is 0.411 e. The molecule has 1 aliphatic carbocycles. The Morgan fingerprint density at radius 2 is 1.55 bits per heavy atom. The quantitative estimate of drug-likeness (QED) is 0.658. The average molecular weight is 337 g/mol. The van der Waals surface area contributed by atoms with Crippen molar-refractivity contribution in [1.82, 2.24) is 0 Å². The van der Waals surface area contributed by atoms with Crippen molar-refractivity contribution in [2.45, 2.75) is 76.7 Å². The first-order chi connectivity index (χ1) is 10.1. The van der Waals surface area contributed by atoms with E-state index in [9.17, 15) is 0 Å². The monoisotopic (exact) mass is 336 g/mol. The van der Waals surface area contributed by atoms with Crippen LogP contribution in [-0.4, -0.2) is 22.7 Å². The van der Waals surface area contributed by atoms with Crippen LogP contribution in [0.15, 0.2) is 30.3 Å². The van der Waals surface area contributed by atoms with Gasteiger partial charge in [-0.3, -0.25) is 0 Å². The van der Waals surface area contributed by atoms with Crippen molar-refractivity contribution in [1.29, 1.82) is 0 Å². The highest BCUT2D eigenvalue weighted by Gasteiger charge is 2.47. The summed E-state index contributed by atoms with van der Waals surface area (Å²) in [5.41, 5.74) is 1.06. The van der Waals surface area contributed by atoms with E-state index in [2.05, 4.69) is 69.6 Å². The molecule has 0 aromatic heterocycles. The predicted octanol–water partition coefficient (Wildman–Crippen LogP) is 5.53. The van der Waals surface area contributed by atoms with E-state index in [1.165, 1.54) is 18.4 Å². The molecule has 0 spiro atoms. The number of hydrogen-bond acceptors (Lipinski definition) is 2. The Kier molecular flexibility index (Phi) is 5.37. The minimum Gasteiger partial charge on any atom is -0.411 e. The smallest absolute Gasteiger partial charge is 0.185 e. The number of rotatable bonds is 5. The third-order valence-corrected chi connectivity index (χ3v) is 6.00. The first kappa shape index (κ1) is 17.9. The third kappa shape index (κ3) is 4.54. The molecule has 0 heterocycles. The molecule has 1 aliphatic rings. The van der Waals surface area contributed by atoms with E-state index in [4.69, 9.17) is 8.85 Å². The first-order valence-corrected chi connectivity index (χ1v) is 15.4. The van der Waals surface area contributed by atoms with Gasteiger partial charge in [0.05, 0.1) is 6.10 Å². The molecule has 1 fully saturated rings. The van der Waals surface area contributed by atoms with Gasteiger partial charge in [0.1, 0.15) is 5.60 Å². The molecule has 2 nitrogen and oxygen atoms in total. The molecule has 124 valence electrons. The molecule has 22 heavy (non-hydrogen) atoms. The summed E-state index contributed by atoms with van der Waals surface area (Å²) in [7, 11) is -3.29. The van der Waals surface area contributed by atoms with E-state index in [1.54, 1.807) is 0 Å². The van der Waals surface area contributed by atoms with Crippen LogP contribution >= 0.6 is 0 Å². The molecule has 0 saturated heterocycles. The van der Waals surface area contributed by atoms with E-state index in [0.29, 0.717) is 0 Å². The van der Waals surface area contributed by atoms with Gasteiger partial charge in [0.15, 0.2) is 16.6 Å². The Bertz CT molecular complexity index is 476. The zero-order chi connectivity index (χ0) is 16.4. The van der Waals surface area contributed by atoms with Crippen molar-refractivity contribution in [2.75, 3.05) is 0 Å². The van der Waals surface area contributed by atoms with Crippen LogP contribution in [-0.2, 0) is 14.5 Å². The van der Waals surface area contributed by atoms with Crippen LogP contribution in [0.5, 0.6) is 0 Å². The Balaban J connectivity index is 2.44. The molecule has 0 amide bonds. The van der Waals surface area contributed by atoms with Gasteiger partial charge in [-0.05, 0) is 57.7 Å². The molecule has 1 aromatic rings. The fourth-order valence-corrected chi connectivity index (χ4v) is 6.07. The molecule has 0 aliphatic heterocycles. The SMILES string of the molecule is C[Si](C)(C)OC1CCCCC1(O[Si](C)(C)C)c1ccccc1. The summed E-state index contributed by atoms with van der Waals surface area (Å²) in [4.78, 5) is 0. The maximum absolute atomic E-state index is 6.85. The van der Waals surface area contributed by atoms with E-state index in [1.807, 2.05) is 0 Å². The van der Waals surface area contributed by atoms with Crippen LogP contribution in [0.25, 0.3) is 0 Å². The van der Waals surface area contributed by atoms with Crippen LogP contribution in [0.3, 0.4) is 0 Å². The summed E-state index contributed by atoms with van der Waals surface area (Å²) >= 11 is 0. The standard InChI is InChI=1S/C18H32O2Si2/c1-21(2,3)19-17-14-10-11-15-18(17,20-22(4,5)6)16-12-8-7-9-13-16/h7-9,12-13,17H,10-11,14-15H2,1-6H3. The summed E-state index contributed by atoms with van der Waals surface area (Å²) in [6.07, 6.45) is 4.87. The highest BCUT2D eigenvalue weighted by Crippen LogP contribution is 2.45. The number of hydrogen-bond donors (Lipinski definition) is 0. The lowest BCUT2D eigenvalue weighted by Gasteiger charge is -2.49. The lowest BCUT2D eigenvalue weighted by Crippen LogP contribution is -2.54. The highest BCUT2D eigenvalue weighted by molar-refractivity contribution is 6.70. The van der Waals surface area contributed by atoms with E-state index >= 15 is 0 Å². The van der Waals surface area contributed by atoms with E-state index in [0.717, 1.165) is 12.8 Å². The van der Waals surface area contributed by atoms with Gasteiger partial charge in [0.25, 0.3) is 0 Å². The van der Waals surface area contributed by atoms with Crippen molar-refractivity contribution >= 4 is 16.6 Å². The molecule has 2 rings (SSSR count). The molecular formula is C18H32O2Si2. The maximum Gasteiger partial charge on any atom is 0.185 e. The lowest BCUT2D eigenvalue weighted by atomic mass is 9.77. The minimum atomic E-state index is -1.68. The summed E-state index contributed by atoms with van der Waals surface area (Å²) in [6, 6.07) is 10.8. The summed E-state index contributed by atoms with van der Waals surface area (Å²) in [6.45, 7) is 13.7. The molecule has 0 radical (unpaired) electrons. The van der Waals surface area contributed by atoms with Gasteiger partial charge < -0.3 is 8.85 Å². The van der Waals surface area contributed by atoms with Crippen LogP contribution < -0.4 is 0 Å². The van der Waals surface area contributed by atoms with Gasteiger partial charge in [-0.15, -0.1) is 0 Å². The van der Waals surface area contributed by atoms with Crippen molar-refractivity contribution in [3.8, 4) is 0 Å². The van der Waals surface area contributed by atoms with Gasteiger partial charge in [-0.1, -0.05) is 43.2 Å². The van der Waals surface area contributed by atoms with Crippen LogP contribution in [0, 0.1) is 0 Å². The van der Waals surface area contributed by atoms with Crippen LogP contribution in [0.2, 0.25) is 39.3 Å². The average Bonchev–Trinajstić information content (AvgIpc) is 2.39. The lowest BCUT2D eigenvalue weighted by molar-refractivity contribution is -0.0828. The zero-order valence-electron chi connectivity index (χ0n) is 15.1. The normalized spacial score (nSPS) is 26.9. The molecule has 2 unspecified atom stereocenters. The Morgan fingerprint density at radius 3 is 2.09 bits per heavy atom. The van der Waals surface area contributed by atoms with Crippen molar-refractivity contribution in [2.24, 2.45) is 0 Å². The van der Waals surface area contributed by atoms with Gasteiger partial charge in [0, 0.05) is 0 Å². The molecule has 4 heteroatoms. The first-order valence-electron chi connectivity index (χ1n) is 8.56. The van der Waals surface area contributed by atoms with Crippen molar-refractivity contribution in [3.05, 3.63) is 35.9 Å². The highest BCUT2D eigenvalue weighted by atomic mass is 28.4. The second-order valence-corrected chi connectivity index (χ2v) is 17.3. The van der Waals surface area contributed by atoms with Crippen LogP contribution in [0.4, 0.5) is 0 Å². The topological polar surface area (TPSA) is 18.5 Å². The van der Waals surface area contributed by atoms with Crippen LogP contribution in [0.1, 0.15) is 31.2 Å².